The lowest BCUT2D eigenvalue weighted by atomic mass is 9.78. The van der Waals surface area contributed by atoms with E-state index >= 15 is 0 Å². The molecule has 4 nitrogen and oxygen atoms in total. The number of hydrogen-bond donors (Lipinski definition) is 0. The van der Waals surface area contributed by atoms with Crippen LogP contribution in [0.1, 0.15) is 56.2 Å². The van der Waals surface area contributed by atoms with E-state index in [-0.39, 0.29) is 0 Å². The van der Waals surface area contributed by atoms with E-state index in [2.05, 4.69) is 40.0 Å². The van der Waals surface area contributed by atoms with E-state index in [1.165, 1.54) is 89.0 Å². The van der Waals surface area contributed by atoms with E-state index in [4.69, 9.17) is 0 Å². The summed E-state index contributed by atoms with van der Waals surface area (Å²) in [7, 11) is 4.16. The van der Waals surface area contributed by atoms with Crippen LogP contribution in [0.3, 0.4) is 0 Å². The van der Waals surface area contributed by atoms with Crippen LogP contribution in [0.25, 0.3) is 0 Å². The van der Waals surface area contributed by atoms with Gasteiger partial charge in [0, 0.05) is 51.3 Å². The Morgan fingerprint density at radius 1 is 1.08 bits per heavy atom. The molecule has 0 N–H and O–H groups in total. The molecular weight excluding hydrogens is 340 g/mol. The molecule has 1 atom stereocenters. The predicted molar refractivity (Wildman–Crippen MR) is 111 cm³/mol. The summed E-state index contributed by atoms with van der Waals surface area (Å²) >= 11 is 1.85. The van der Waals surface area contributed by atoms with E-state index in [1.54, 1.807) is 0 Å². The van der Waals surface area contributed by atoms with Crippen molar-refractivity contribution in [3.63, 3.8) is 0 Å². The second kappa shape index (κ2) is 8.15. The third kappa shape index (κ3) is 4.42. The molecule has 26 heavy (non-hydrogen) atoms. The van der Waals surface area contributed by atoms with Crippen molar-refractivity contribution in [1.29, 1.82) is 0 Å². The van der Waals surface area contributed by atoms with Crippen LogP contribution in [0.15, 0.2) is 6.20 Å². The van der Waals surface area contributed by atoms with Gasteiger partial charge in [0.15, 0.2) is 5.13 Å². The van der Waals surface area contributed by atoms with Gasteiger partial charge in [0.2, 0.25) is 0 Å². The van der Waals surface area contributed by atoms with Gasteiger partial charge in [-0.3, -0.25) is 4.90 Å². The van der Waals surface area contributed by atoms with Crippen LogP contribution in [-0.2, 0) is 6.54 Å². The summed E-state index contributed by atoms with van der Waals surface area (Å²) < 4.78 is 0. The largest absolute Gasteiger partial charge is 0.354 e. The lowest BCUT2D eigenvalue weighted by Crippen LogP contribution is -2.46. The Morgan fingerprint density at radius 3 is 2.65 bits per heavy atom. The van der Waals surface area contributed by atoms with Gasteiger partial charge < -0.3 is 9.80 Å². The van der Waals surface area contributed by atoms with Crippen molar-refractivity contribution in [3.8, 4) is 0 Å². The van der Waals surface area contributed by atoms with E-state index in [1.807, 2.05) is 11.3 Å². The van der Waals surface area contributed by atoms with Gasteiger partial charge in [0.1, 0.15) is 0 Å². The fourth-order valence-corrected chi connectivity index (χ4v) is 6.37. The van der Waals surface area contributed by atoms with Crippen molar-refractivity contribution in [3.05, 3.63) is 11.1 Å². The van der Waals surface area contributed by atoms with Crippen molar-refractivity contribution in [2.75, 3.05) is 51.7 Å². The van der Waals surface area contributed by atoms with Crippen molar-refractivity contribution < 1.29 is 0 Å². The van der Waals surface area contributed by atoms with Gasteiger partial charge in [-0.15, -0.1) is 11.3 Å². The van der Waals surface area contributed by atoms with Crippen molar-refractivity contribution in [1.82, 2.24) is 14.8 Å². The topological polar surface area (TPSA) is 22.6 Å². The van der Waals surface area contributed by atoms with Gasteiger partial charge in [-0.25, -0.2) is 4.98 Å². The minimum atomic E-state index is 0.571. The fraction of sp³-hybridized carbons (Fsp3) is 0.857. The van der Waals surface area contributed by atoms with E-state index in [9.17, 15) is 0 Å². The molecule has 5 heteroatoms. The summed E-state index contributed by atoms with van der Waals surface area (Å²) in [6.45, 7) is 7.74. The molecule has 4 rings (SSSR count). The van der Waals surface area contributed by atoms with E-state index in [0.29, 0.717) is 5.41 Å². The van der Waals surface area contributed by atoms with Crippen LogP contribution in [0.5, 0.6) is 0 Å². The molecule has 1 spiro atoms. The highest BCUT2D eigenvalue weighted by molar-refractivity contribution is 7.15. The highest BCUT2D eigenvalue weighted by atomic mass is 32.1. The minimum absolute atomic E-state index is 0.571. The summed E-state index contributed by atoms with van der Waals surface area (Å²) in [5, 5.41) is 1.13. The first-order valence-electron chi connectivity index (χ1n) is 10.7. The summed E-state index contributed by atoms with van der Waals surface area (Å²) in [6, 6.07) is 0. The van der Waals surface area contributed by atoms with Crippen LogP contribution < -0.4 is 4.90 Å². The third-order valence-electron chi connectivity index (χ3n) is 6.80. The van der Waals surface area contributed by atoms with Crippen molar-refractivity contribution >= 4 is 16.5 Å². The number of thiazole rings is 1. The monoisotopic (exact) mass is 376 g/mol. The molecule has 3 fully saturated rings. The van der Waals surface area contributed by atoms with E-state index in [0.717, 1.165) is 17.6 Å². The molecule has 0 radical (unpaired) electrons. The first-order chi connectivity index (χ1) is 12.6. The number of rotatable bonds is 5. The number of hydrogen-bond acceptors (Lipinski definition) is 5. The zero-order valence-electron chi connectivity index (χ0n) is 16.8. The van der Waals surface area contributed by atoms with Crippen LogP contribution in [-0.4, -0.2) is 61.6 Å². The number of aromatic nitrogens is 1. The summed E-state index contributed by atoms with van der Waals surface area (Å²) in [5.41, 5.74) is 0.571. The smallest absolute Gasteiger partial charge is 0.185 e. The molecule has 3 heterocycles. The second-order valence-corrected chi connectivity index (χ2v) is 10.4. The zero-order chi connectivity index (χ0) is 18.0. The van der Waals surface area contributed by atoms with Crippen LogP contribution in [0.4, 0.5) is 5.13 Å². The molecule has 1 aromatic heterocycles. The van der Waals surface area contributed by atoms with Gasteiger partial charge in [-0.2, -0.15) is 0 Å². The molecular formula is C21H36N4S. The average Bonchev–Trinajstić information content (AvgIpc) is 3.24. The molecule has 3 aliphatic rings. The molecule has 0 unspecified atom stereocenters. The van der Waals surface area contributed by atoms with Gasteiger partial charge in [-0.1, -0.05) is 19.3 Å². The Balaban J connectivity index is 1.30. The first kappa shape index (κ1) is 18.7. The third-order valence-corrected chi connectivity index (χ3v) is 7.95. The Morgan fingerprint density at radius 2 is 1.88 bits per heavy atom. The molecule has 1 saturated carbocycles. The van der Waals surface area contributed by atoms with Gasteiger partial charge in [0.25, 0.3) is 0 Å². The quantitative estimate of drug-likeness (QED) is 0.772. The van der Waals surface area contributed by atoms with Crippen LogP contribution in [0.2, 0.25) is 0 Å². The highest BCUT2D eigenvalue weighted by Crippen LogP contribution is 2.40. The summed E-state index contributed by atoms with van der Waals surface area (Å²) in [5.74, 6) is 0.984. The lowest BCUT2D eigenvalue weighted by molar-refractivity contribution is 0.0738. The molecule has 2 aliphatic heterocycles. The first-order valence-corrected chi connectivity index (χ1v) is 11.5. The SMILES string of the molecule is CN(C)c1ncc(CN2CC[C@]3(CCCN(CC4CCCCC4)C3)C2)s1. The van der Waals surface area contributed by atoms with Crippen LogP contribution in [0, 0.1) is 11.3 Å². The summed E-state index contributed by atoms with van der Waals surface area (Å²) in [6.07, 6.45) is 13.7. The van der Waals surface area contributed by atoms with Gasteiger partial charge in [-0.05, 0) is 56.5 Å². The molecule has 0 bridgehead atoms. The minimum Gasteiger partial charge on any atom is -0.354 e. The second-order valence-electron chi connectivity index (χ2n) is 9.31. The Hall–Kier alpha value is -0.650. The molecule has 0 aromatic carbocycles. The lowest BCUT2D eigenvalue weighted by Gasteiger charge is -2.42. The molecule has 1 aliphatic carbocycles. The average molecular weight is 377 g/mol. The normalized spacial score (nSPS) is 28.8. The molecule has 1 aromatic rings. The fourth-order valence-electron chi connectivity index (χ4n) is 5.49. The Kier molecular flexibility index (Phi) is 5.87. The van der Waals surface area contributed by atoms with Crippen LogP contribution >= 0.6 is 11.3 Å². The predicted octanol–water partition coefficient (Wildman–Crippen LogP) is 4.08. The van der Waals surface area contributed by atoms with Gasteiger partial charge >= 0.3 is 0 Å². The molecule has 2 saturated heterocycles. The Bertz CT molecular complexity index is 580. The van der Waals surface area contributed by atoms with E-state index < -0.39 is 0 Å². The highest BCUT2D eigenvalue weighted by Gasteiger charge is 2.41. The summed E-state index contributed by atoms with van der Waals surface area (Å²) in [4.78, 5) is 13.6. The number of anilines is 1. The number of piperidine rings is 1. The maximum absolute atomic E-state index is 4.55. The molecule has 146 valence electrons. The standard InChI is InChI=1S/C21H36N4S/c1-23(2)20-22-13-19(26-20)15-25-12-10-21(17-25)9-6-11-24(16-21)14-18-7-4-3-5-8-18/h13,18H,3-12,14-17H2,1-2H3/t21-/m0/s1. The maximum atomic E-state index is 4.55. The molecule has 0 amide bonds. The number of nitrogens with zero attached hydrogens (tertiary/aromatic N) is 4. The Labute approximate surface area is 163 Å². The maximum Gasteiger partial charge on any atom is 0.185 e. The van der Waals surface area contributed by atoms with Crippen molar-refractivity contribution in [2.24, 2.45) is 11.3 Å². The van der Waals surface area contributed by atoms with Gasteiger partial charge in [0.05, 0.1) is 0 Å². The zero-order valence-corrected chi connectivity index (χ0v) is 17.6. The van der Waals surface area contributed by atoms with Crippen molar-refractivity contribution in [2.45, 2.75) is 57.9 Å². The number of likely N-dealkylation sites (tertiary alicyclic amines) is 2.